The summed E-state index contributed by atoms with van der Waals surface area (Å²) in [6, 6.07) is 54.9. The van der Waals surface area contributed by atoms with Gasteiger partial charge in [0.2, 0.25) is 0 Å². The summed E-state index contributed by atoms with van der Waals surface area (Å²) in [4.78, 5) is 16.4. The number of hydrogen-bond acceptors (Lipinski definition) is 4. The van der Waals surface area contributed by atoms with E-state index in [0.717, 1.165) is 33.4 Å². The second-order valence-electron chi connectivity index (χ2n) is 11.3. The number of para-hydroxylation sites is 2. The maximum absolute atomic E-state index is 5.09. The fourth-order valence-electron chi connectivity index (χ4n) is 6.30. The van der Waals surface area contributed by atoms with Crippen molar-refractivity contribution in [3.05, 3.63) is 158 Å². The first kappa shape index (κ1) is 26.5. The Morgan fingerprint density at radius 2 is 0.891 bits per heavy atom. The third-order valence-electron chi connectivity index (χ3n) is 8.45. The van der Waals surface area contributed by atoms with Gasteiger partial charge in [-0.15, -0.1) is 11.3 Å². The predicted molar refractivity (Wildman–Crippen MR) is 191 cm³/mol. The fourth-order valence-corrected chi connectivity index (χ4v) is 7.53. The van der Waals surface area contributed by atoms with Crippen LogP contribution >= 0.6 is 11.3 Å². The third kappa shape index (κ3) is 4.48. The normalized spacial score (nSPS) is 11.5. The van der Waals surface area contributed by atoms with Crippen LogP contribution in [0.3, 0.4) is 0 Å². The van der Waals surface area contributed by atoms with Gasteiger partial charge in [0.1, 0.15) is 4.83 Å². The van der Waals surface area contributed by atoms with E-state index in [1.54, 1.807) is 0 Å². The monoisotopic (exact) mass is 606 g/mol. The Morgan fingerprint density at radius 3 is 1.61 bits per heavy atom. The van der Waals surface area contributed by atoms with Crippen molar-refractivity contribution < 1.29 is 0 Å². The predicted octanol–water partition coefficient (Wildman–Crippen LogP) is 10.8. The van der Waals surface area contributed by atoms with Crippen LogP contribution in [0.4, 0.5) is 0 Å². The molecule has 5 heteroatoms. The van der Waals surface area contributed by atoms with E-state index in [1.807, 2.05) is 47.7 Å². The molecule has 0 aliphatic heterocycles. The quantitative estimate of drug-likeness (QED) is 0.196. The lowest BCUT2D eigenvalue weighted by Crippen LogP contribution is -2.00. The van der Waals surface area contributed by atoms with Crippen molar-refractivity contribution in [1.29, 1.82) is 0 Å². The van der Waals surface area contributed by atoms with Gasteiger partial charge < -0.3 is 0 Å². The second kappa shape index (κ2) is 10.9. The molecule has 4 nitrogen and oxygen atoms in total. The minimum Gasteiger partial charge on any atom is -0.299 e. The molecule has 0 aliphatic carbocycles. The van der Waals surface area contributed by atoms with Crippen LogP contribution in [0.2, 0.25) is 0 Å². The van der Waals surface area contributed by atoms with Gasteiger partial charge in [0, 0.05) is 27.6 Å². The van der Waals surface area contributed by atoms with Gasteiger partial charge in [-0.2, -0.15) is 0 Å². The van der Waals surface area contributed by atoms with Gasteiger partial charge in [-0.25, -0.2) is 15.0 Å². The first-order valence-corrected chi connectivity index (χ1v) is 16.1. The number of hydrogen-bond donors (Lipinski definition) is 0. The molecule has 0 saturated heterocycles. The highest BCUT2D eigenvalue weighted by Crippen LogP contribution is 2.42. The molecule has 0 unspecified atom stereocenters. The molecule has 0 atom stereocenters. The maximum Gasteiger partial charge on any atom is 0.164 e. The highest BCUT2D eigenvalue weighted by Gasteiger charge is 2.19. The summed E-state index contributed by atoms with van der Waals surface area (Å²) in [6.07, 6.45) is 0. The first-order chi connectivity index (χ1) is 22.8. The van der Waals surface area contributed by atoms with E-state index in [0.29, 0.717) is 17.5 Å². The molecule has 0 spiro atoms. The van der Waals surface area contributed by atoms with Crippen LogP contribution < -0.4 is 0 Å². The number of thiazole rings is 1. The van der Waals surface area contributed by atoms with Crippen LogP contribution in [0.5, 0.6) is 0 Å². The Bertz CT molecular complexity index is 2530. The van der Waals surface area contributed by atoms with Crippen molar-refractivity contribution in [3.8, 4) is 56.4 Å². The second-order valence-corrected chi connectivity index (χ2v) is 12.3. The van der Waals surface area contributed by atoms with Crippen molar-refractivity contribution in [3.63, 3.8) is 0 Å². The summed E-state index contributed by atoms with van der Waals surface area (Å²) in [5.74, 6) is 1.94. The molecule has 0 radical (unpaired) electrons. The molecule has 0 bridgehead atoms. The number of aromatic nitrogens is 4. The van der Waals surface area contributed by atoms with E-state index in [9.17, 15) is 0 Å². The zero-order valence-corrected chi connectivity index (χ0v) is 25.5. The van der Waals surface area contributed by atoms with Gasteiger partial charge in [-0.05, 0) is 47.0 Å². The van der Waals surface area contributed by atoms with Crippen LogP contribution in [0.15, 0.2) is 158 Å². The van der Waals surface area contributed by atoms with Gasteiger partial charge in [0.15, 0.2) is 17.5 Å². The minimum atomic E-state index is 0.645. The van der Waals surface area contributed by atoms with Crippen molar-refractivity contribution in [2.75, 3.05) is 0 Å². The van der Waals surface area contributed by atoms with Gasteiger partial charge in [-0.3, -0.25) is 4.40 Å². The van der Waals surface area contributed by atoms with E-state index in [2.05, 4.69) is 126 Å². The molecule has 0 saturated carbocycles. The Morgan fingerprint density at radius 1 is 0.391 bits per heavy atom. The van der Waals surface area contributed by atoms with E-state index >= 15 is 0 Å². The average molecular weight is 607 g/mol. The number of fused-ring (bicyclic) bond motifs is 5. The Hall–Kier alpha value is -5.91. The molecule has 216 valence electrons. The molecule has 3 aromatic heterocycles. The summed E-state index contributed by atoms with van der Waals surface area (Å²) >= 11 is 1.83. The SMILES string of the molecule is c1ccc(-c2cccc(-c3nc(-c4ccccc4)nc(-c4cccc(-c5c6ccccc6n6c5sc5ccccc56)c4)n3)c2)cc1. The summed E-state index contributed by atoms with van der Waals surface area (Å²) in [7, 11) is 0. The largest absolute Gasteiger partial charge is 0.299 e. The van der Waals surface area contributed by atoms with Gasteiger partial charge in [0.25, 0.3) is 0 Å². The maximum atomic E-state index is 5.09. The lowest BCUT2D eigenvalue weighted by molar-refractivity contribution is 1.07. The molecule has 0 amide bonds. The van der Waals surface area contributed by atoms with Gasteiger partial charge >= 0.3 is 0 Å². The molecule has 0 fully saturated rings. The van der Waals surface area contributed by atoms with Crippen LogP contribution in [-0.4, -0.2) is 19.4 Å². The van der Waals surface area contributed by atoms with Crippen molar-refractivity contribution >= 4 is 37.3 Å². The third-order valence-corrected chi connectivity index (χ3v) is 9.59. The smallest absolute Gasteiger partial charge is 0.164 e. The molecule has 46 heavy (non-hydrogen) atoms. The van der Waals surface area contributed by atoms with Crippen LogP contribution in [0.25, 0.3) is 82.4 Å². The number of benzene rings is 6. The molecule has 9 aromatic rings. The van der Waals surface area contributed by atoms with Crippen LogP contribution in [0, 0.1) is 0 Å². The highest BCUT2D eigenvalue weighted by molar-refractivity contribution is 7.24. The van der Waals surface area contributed by atoms with Crippen LogP contribution in [0.1, 0.15) is 0 Å². The highest BCUT2D eigenvalue weighted by atomic mass is 32.1. The topological polar surface area (TPSA) is 43.1 Å². The lowest BCUT2D eigenvalue weighted by atomic mass is 10.0. The average Bonchev–Trinajstić information content (AvgIpc) is 3.67. The zero-order chi connectivity index (χ0) is 30.5. The fraction of sp³-hybridized carbons (Fsp3) is 0. The number of nitrogens with zero attached hydrogens (tertiary/aromatic N) is 4. The molecule has 6 aromatic carbocycles. The zero-order valence-electron chi connectivity index (χ0n) is 24.7. The Labute approximate surface area is 269 Å². The summed E-state index contributed by atoms with van der Waals surface area (Å²) in [6.45, 7) is 0. The molecular formula is C41H26N4S. The number of rotatable bonds is 5. The van der Waals surface area contributed by atoms with Crippen molar-refractivity contribution in [2.45, 2.75) is 0 Å². The van der Waals surface area contributed by atoms with Crippen molar-refractivity contribution in [2.24, 2.45) is 0 Å². The first-order valence-electron chi connectivity index (χ1n) is 15.3. The van der Waals surface area contributed by atoms with Crippen LogP contribution in [-0.2, 0) is 0 Å². The lowest BCUT2D eigenvalue weighted by Gasteiger charge is -2.10. The molecular weight excluding hydrogens is 581 g/mol. The molecule has 0 N–H and O–H groups in total. The minimum absolute atomic E-state index is 0.645. The Balaban J connectivity index is 1.23. The molecule has 0 aliphatic rings. The summed E-state index contributed by atoms with van der Waals surface area (Å²) in [5, 5.41) is 1.23. The standard InChI is InChI=1S/C41H26N4S/c1-3-13-27(14-4-1)29-17-11-19-31(25-29)39-42-38(28-15-5-2-6-16-28)43-40(44-39)32-20-12-18-30(26-32)37-33-21-7-8-22-34(33)45-35-23-9-10-24-36(35)46-41(37)45/h1-26H. The molecule has 9 rings (SSSR count). The van der Waals surface area contributed by atoms with E-state index in [1.165, 1.54) is 31.5 Å². The van der Waals surface area contributed by atoms with Gasteiger partial charge in [0.05, 0.1) is 15.7 Å². The van der Waals surface area contributed by atoms with E-state index in [-0.39, 0.29) is 0 Å². The van der Waals surface area contributed by atoms with Gasteiger partial charge in [-0.1, -0.05) is 127 Å². The van der Waals surface area contributed by atoms with E-state index in [4.69, 9.17) is 15.0 Å². The van der Waals surface area contributed by atoms with Crippen molar-refractivity contribution in [1.82, 2.24) is 19.4 Å². The molecule has 3 heterocycles. The summed E-state index contributed by atoms with van der Waals surface area (Å²) in [5.41, 5.74) is 9.93. The summed E-state index contributed by atoms with van der Waals surface area (Å²) < 4.78 is 3.67. The van der Waals surface area contributed by atoms with E-state index < -0.39 is 0 Å². The Kier molecular flexibility index (Phi) is 6.28.